The normalized spacial score (nSPS) is 21.9. The number of hydrogen-bond donors (Lipinski definition) is 2. The van der Waals surface area contributed by atoms with Gasteiger partial charge in [0.1, 0.15) is 6.34 Å². The molecule has 1 rings (SSSR count). The van der Waals surface area contributed by atoms with E-state index >= 15 is 0 Å². The van der Waals surface area contributed by atoms with Crippen molar-refractivity contribution >= 4 is 18.5 Å². The lowest BCUT2D eigenvalue weighted by atomic mass is 10.5. The Hall–Kier alpha value is -1.39. The average Bonchev–Trinajstić information content (AvgIpc) is 1.88. The van der Waals surface area contributed by atoms with E-state index in [0.29, 0.717) is 0 Å². The Bertz CT molecular complexity index is 174. The Morgan fingerprint density at radius 2 is 2.60 bits per heavy atom. The van der Waals surface area contributed by atoms with Gasteiger partial charge in [-0.1, -0.05) is 0 Å². The van der Waals surface area contributed by atoms with Crippen molar-refractivity contribution in [3.8, 4) is 0 Å². The van der Waals surface area contributed by atoms with Crippen molar-refractivity contribution in [2.45, 2.75) is 13.1 Å². The Kier molecular flexibility index (Phi) is 1.99. The van der Waals surface area contributed by atoms with Crippen LogP contribution in [0.3, 0.4) is 0 Å². The predicted molar refractivity (Wildman–Crippen MR) is 37.7 cm³/mol. The molecular formula is C5H8N4O. The lowest BCUT2D eigenvalue weighted by Crippen LogP contribution is -2.35. The second kappa shape index (κ2) is 2.95. The molecule has 0 aliphatic carbocycles. The molecular weight excluding hydrogens is 132 g/mol. The summed E-state index contributed by atoms with van der Waals surface area (Å²) in [5, 5.41) is 6.23. The summed E-state index contributed by atoms with van der Waals surface area (Å²) >= 11 is 0. The minimum absolute atomic E-state index is 0.115. The fourth-order valence-electron chi connectivity index (χ4n) is 0.582. The van der Waals surface area contributed by atoms with E-state index in [0.717, 1.165) is 0 Å². The van der Waals surface area contributed by atoms with E-state index in [9.17, 15) is 4.79 Å². The molecule has 1 aliphatic rings. The topological polar surface area (TPSA) is 65.8 Å². The number of nitrogens with zero attached hydrogens (tertiary/aromatic N) is 2. The highest BCUT2D eigenvalue weighted by molar-refractivity contribution is 5.80. The smallest absolute Gasteiger partial charge is 0.218 e. The van der Waals surface area contributed by atoms with Crippen molar-refractivity contribution < 1.29 is 4.79 Å². The Labute approximate surface area is 58.2 Å². The summed E-state index contributed by atoms with van der Waals surface area (Å²) in [7, 11) is 0. The summed E-state index contributed by atoms with van der Waals surface area (Å²) in [5.74, 6) is -0.115. The zero-order valence-electron chi connectivity index (χ0n) is 5.53. The van der Waals surface area contributed by atoms with E-state index < -0.39 is 0 Å². The van der Waals surface area contributed by atoms with Crippen molar-refractivity contribution in [1.82, 2.24) is 10.7 Å². The average molecular weight is 140 g/mol. The molecule has 1 amide bonds. The molecule has 5 heteroatoms. The predicted octanol–water partition coefficient (Wildman–Crippen LogP) is -0.934. The van der Waals surface area contributed by atoms with Crippen molar-refractivity contribution in [3.05, 3.63) is 0 Å². The Morgan fingerprint density at radius 3 is 3.10 bits per heavy atom. The Morgan fingerprint density at radius 1 is 1.80 bits per heavy atom. The first-order chi connectivity index (χ1) is 4.79. The molecule has 2 N–H and O–H groups in total. The molecule has 0 aromatic carbocycles. The van der Waals surface area contributed by atoms with Crippen molar-refractivity contribution in [3.63, 3.8) is 0 Å². The molecule has 0 saturated carbocycles. The monoisotopic (exact) mass is 140 g/mol. The van der Waals surface area contributed by atoms with Crippen LogP contribution in [-0.2, 0) is 4.79 Å². The summed E-state index contributed by atoms with van der Waals surface area (Å²) in [5.41, 5.74) is 2.51. The van der Waals surface area contributed by atoms with Gasteiger partial charge in [0.05, 0.1) is 6.21 Å². The van der Waals surface area contributed by atoms with Crippen molar-refractivity contribution in [1.29, 1.82) is 0 Å². The van der Waals surface area contributed by atoms with Crippen LogP contribution in [0, 0.1) is 0 Å². The van der Waals surface area contributed by atoms with Gasteiger partial charge in [-0.25, -0.2) is 4.99 Å². The third-order valence-corrected chi connectivity index (χ3v) is 0.934. The number of rotatable bonds is 1. The minimum atomic E-state index is -0.307. The summed E-state index contributed by atoms with van der Waals surface area (Å²) in [4.78, 5) is 14.3. The van der Waals surface area contributed by atoms with E-state index in [1.54, 1.807) is 0 Å². The first kappa shape index (κ1) is 6.73. The number of carbonyl (C=O) groups is 1. The zero-order valence-corrected chi connectivity index (χ0v) is 5.53. The lowest BCUT2D eigenvalue weighted by Gasteiger charge is -2.09. The number of hydrogen-bond acceptors (Lipinski definition) is 4. The van der Waals surface area contributed by atoms with Crippen molar-refractivity contribution in [2.75, 3.05) is 0 Å². The fraction of sp³-hybridized carbons (Fsp3) is 0.400. The van der Waals surface area contributed by atoms with Gasteiger partial charge in [0.15, 0.2) is 6.17 Å². The molecule has 0 radical (unpaired) electrons. The van der Waals surface area contributed by atoms with Crippen LogP contribution < -0.4 is 10.7 Å². The van der Waals surface area contributed by atoms with Crippen LogP contribution in [0.5, 0.6) is 0 Å². The standard InChI is InChI=1S/C5H8N4O/c1-4(10)9-5-2-7-8-3-6-5/h2-3,5H,1H3,(H,6,8)(H,9,10). The van der Waals surface area contributed by atoms with E-state index in [1.807, 2.05) is 0 Å². The van der Waals surface area contributed by atoms with Crippen LogP contribution >= 0.6 is 0 Å². The molecule has 0 aromatic heterocycles. The summed E-state index contributed by atoms with van der Waals surface area (Å²) in [6.07, 6.45) is 2.64. The first-order valence-corrected chi connectivity index (χ1v) is 2.86. The van der Waals surface area contributed by atoms with E-state index in [1.165, 1.54) is 19.5 Å². The third-order valence-electron chi connectivity index (χ3n) is 0.934. The molecule has 1 heterocycles. The second-order valence-electron chi connectivity index (χ2n) is 1.83. The van der Waals surface area contributed by atoms with Crippen LogP contribution in [0.1, 0.15) is 6.92 Å². The molecule has 0 bridgehead atoms. The quantitative estimate of drug-likeness (QED) is 0.494. The highest BCUT2D eigenvalue weighted by atomic mass is 16.1. The number of hydrazone groups is 1. The largest absolute Gasteiger partial charge is 0.330 e. The first-order valence-electron chi connectivity index (χ1n) is 2.86. The van der Waals surface area contributed by atoms with Crippen LogP contribution in [0.15, 0.2) is 10.1 Å². The number of nitrogens with one attached hydrogen (secondary N) is 2. The van der Waals surface area contributed by atoms with Gasteiger partial charge in [-0.2, -0.15) is 5.10 Å². The fourth-order valence-corrected chi connectivity index (χ4v) is 0.582. The second-order valence-corrected chi connectivity index (χ2v) is 1.83. The summed E-state index contributed by atoms with van der Waals surface area (Å²) in [6.45, 7) is 1.44. The van der Waals surface area contributed by atoms with Gasteiger partial charge in [-0.05, 0) is 0 Å². The third kappa shape index (κ3) is 1.85. The maximum atomic E-state index is 10.4. The van der Waals surface area contributed by atoms with Crippen LogP contribution in [-0.4, -0.2) is 24.6 Å². The van der Waals surface area contributed by atoms with E-state index in [4.69, 9.17) is 0 Å². The maximum Gasteiger partial charge on any atom is 0.218 e. The number of amides is 1. The number of aliphatic imine (C=N–C) groups is 1. The van der Waals surface area contributed by atoms with Gasteiger partial charge in [-0.15, -0.1) is 0 Å². The van der Waals surface area contributed by atoms with Gasteiger partial charge in [-0.3, -0.25) is 10.2 Å². The lowest BCUT2D eigenvalue weighted by molar-refractivity contribution is -0.119. The van der Waals surface area contributed by atoms with Gasteiger partial charge < -0.3 is 5.32 Å². The van der Waals surface area contributed by atoms with E-state index in [2.05, 4.69) is 20.8 Å². The highest BCUT2D eigenvalue weighted by Crippen LogP contribution is 1.83. The molecule has 1 unspecified atom stereocenters. The van der Waals surface area contributed by atoms with Gasteiger partial charge in [0.25, 0.3) is 0 Å². The van der Waals surface area contributed by atoms with Gasteiger partial charge >= 0.3 is 0 Å². The van der Waals surface area contributed by atoms with Crippen molar-refractivity contribution in [2.24, 2.45) is 10.1 Å². The molecule has 1 atom stereocenters. The zero-order chi connectivity index (χ0) is 7.40. The van der Waals surface area contributed by atoms with Crippen LogP contribution in [0.25, 0.3) is 0 Å². The summed E-state index contributed by atoms with van der Waals surface area (Å²) < 4.78 is 0. The van der Waals surface area contributed by atoms with Crippen LogP contribution in [0.4, 0.5) is 0 Å². The molecule has 0 aromatic rings. The molecule has 0 spiro atoms. The van der Waals surface area contributed by atoms with Crippen LogP contribution in [0.2, 0.25) is 0 Å². The minimum Gasteiger partial charge on any atom is -0.330 e. The molecule has 54 valence electrons. The maximum absolute atomic E-state index is 10.4. The molecule has 0 saturated heterocycles. The molecule has 10 heavy (non-hydrogen) atoms. The van der Waals surface area contributed by atoms with Gasteiger partial charge in [0, 0.05) is 6.92 Å². The molecule has 1 aliphatic heterocycles. The SMILES string of the molecule is CC(=O)NC1C=NNC=N1. The number of carbonyl (C=O) groups excluding carboxylic acids is 1. The Balaban J connectivity index is 2.40. The van der Waals surface area contributed by atoms with Gasteiger partial charge in [0.2, 0.25) is 5.91 Å². The molecule has 0 fully saturated rings. The molecule has 5 nitrogen and oxygen atoms in total. The summed E-state index contributed by atoms with van der Waals surface area (Å²) in [6, 6.07) is 0. The van der Waals surface area contributed by atoms with E-state index in [-0.39, 0.29) is 12.1 Å². The highest BCUT2D eigenvalue weighted by Gasteiger charge is 2.04.